The van der Waals surface area contributed by atoms with Gasteiger partial charge in [0.1, 0.15) is 0 Å². The number of hydrogen-bond acceptors (Lipinski definition) is 4. The molecule has 6 heteroatoms. The lowest BCUT2D eigenvalue weighted by molar-refractivity contribution is 0.205. The molecule has 160 valence electrons. The fraction of sp³-hybridized carbons (Fsp3) is 0.400. The first-order valence-electron chi connectivity index (χ1n) is 11.4. The molecule has 0 atom stereocenters. The lowest BCUT2D eigenvalue weighted by Gasteiger charge is -2.32. The van der Waals surface area contributed by atoms with Crippen molar-refractivity contribution < 1.29 is 4.79 Å². The molecule has 1 N–H and O–H groups in total. The predicted molar refractivity (Wildman–Crippen MR) is 124 cm³/mol. The molecule has 2 aliphatic heterocycles. The Morgan fingerprint density at radius 2 is 1.74 bits per heavy atom. The molecule has 6 nitrogen and oxygen atoms in total. The van der Waals surface area contributed by atoms with Crippen LogP contribution in [0.3, 0.4) is 0 Å². The van der Waals surface area contributed by atoms with Gasteiger partial charge in [0, 0.05) is 44.5 Å². The van der Waals surface area contributed by atoms with E-state index in [0.29, 0.717) is 5.92 Å². The number of likely N-dealkylation sites (tertiary alicyclic amines) is 1. The minimum absolute atomic E-state index is 0.103. The summed E-state index contributed by atoms with van der Waals surface area (Å²) in [6.45, 7) is 4.41. The number of benzene rings is 2. The van der Waals surface area contributed by atoms with Gasteiger partial charge in [-0.1, -0.05) is 36.4 Å². The van der Waals surface area contributed by atoms with Crippen LogP contribution >= 0.6 is 0 Å². The summed E-state index contributed by atoms with van der Waals surface area (Å²) in [6.07, 6.45) is 6.21. The molecule has 0 radical (unpaired) electrons. The maximum absolute atomic E-state index is 12.2. The first-order chi connectivity index (χ1) is 15.3. The van der Waals surface area contributed by atoms with Crippen LogP contribution in [0.15, 0.2) is 54.7 Å². The number of rotatable bonds is 4. The topological polar surface area (TPSA) is 61.4 Å². The van der Waals surface area contributed by atoms with E-state index in [-0.39, 0.29) is 6.03 Å². The third kappa shape index (κ3) is 4.48. The second kappa shape index (κ2) is 8.92. The third-order valence-electron chi connectivity index (χ3n) is 6.52. The zero-order valence-electron chi connectivity index (χ0n) is 17.8. The van der Waals surface area contributed by atoms with E-state index in [0.717, 1.165) is 75.6 Å². The number of fused-ring (bicyclic) bond motifs is 1. The summed E-state index contributed by atoms with van der Waals surface area (Å²) >= 11 is 0. The predicted octanol–water partition coefficient (Wildman–Crippen LogP) is 4.32. The summed E-state index contributed by atoms with van der Waals surface area (Å²) in [4.78, 5) is 25.8. The Morgan fingerprint density at radius 1 is 0.968 bits per heavy atom. The molecule has 2 aliphatic rings. The van der Waals surface area contributed by atoms with E-state index in [4.69, 9.17) is 4.98 Å². The Hall–Kier alpha value is -3.15. The maximum atomic E-state index is 12.2. The molecule has 0 aliphatic carbocycles. The number of carbonyl (C=O) groups excluding carboxylic acids is 1. The molecule has 3 aromatic rings. The van der Waals surface area contributed by atoms with Gasteiger partial charge in [-0.05, 0) is 54.5 Å². The van der Waals surface area contributed by atoms with Crippen molar-refractivity contribution in [1.82, 2.24) is 20.2 Å². The second-order valence-electron chi connectivity index (χ2n) is 8.61. The highest BCUT2D eigenvalue weighted by Crippen LogP contribution is 2.26. The number of carbonyl (C=O) groups is 1. The van der Waals surface area contributed by atoms with Crippen molar-refractivity contribution >= 4 is 22.8 Å². The van der Waals surface area contributed by atoms with Gasteiger partial charge >= 0.3 is 6.03 Å². The van der Waals surface area contributed by atoms with Crippen LogP contribution in [0.4, 0.5) is 10.7 Å². The van der Waals surface area contributed by atoms with Crippen LogP contribution in [-0.2, 0) is 0 Å². The fourth-order valence-corrected chi connectivity index (χ4v) is 4.61. The average molecular weight is 416 g/mol. The highest BCUT2D eigenvalue weighted by molar-refractivity contribution is 5.86. The molecule has 0 saturated carbocycles. The molecule has 5 rings (SSSR count). The molecule has 2 amide bonds. The van der Waals surface area contributed by atoms with E-state index < -0.39 is 0 Å². The average Bonchev–Trinajstić information content (AvgIpc) is 3.38. The van der Waals surface area contributed by atoms with Crippen LogP contribution < -0.4 is 10.2 Å². The van der Waals surface area contributed by atoms with Gasteiger partial charge in [-0.15, -0.1) is 0 Å². The molecule has 31 heavy (non-hydrogen) atoms. The Balaban J connectivity index is 1.20. The van der Waals surface area contributed by atoms with Crippen LogP contribution in [0.1, 0.15) is 25.7 Å². The monoisotopic (exact) mass is 415 g/mol. The Bertz CT molecular complexity index is 1050. The molecule has 2 saturated heterocycles. The van der Waals surface area contributed by atoms with Crippen LogP contribution in [0.2, 0.25) is 0 Å². The number of nitrogens with one attached hydrogen (secondary N) is 1. The van der Waals surface area contributed by atoms with Gasteiger partial charge in [-0.2, -0.15) is 0 Å². The van der Waals surface area contributed by atoms with E-state index >= 15 is 0 Å². The smallest absolute Gasteiger partial charge is 0.317 e. The minimum atomic E-state index is 0.103. The van der Waals surface area contributed by atoms with Crippen molar-refractivity contribution in [3.8, 4) is 11.3 Å². The number of anilines is 1. The van der Waals surface area contributed by atoms with Crippen LogP contribution in [0.25, 0.3) is 22.0 Å². The fourth-order valence-electron chi connectivity index (χ4n) is 4.61. The van der Waals surface area contributed by atoms with Crippen LogP contribution in [-0.4, -0.2) is 53.6 Å². The molecule has 2 fully saturated rings. The maximum Gasteiger partial charge on any atom is 0.317 e. The molecule has 0 unspecified atom stereocenters. The van der Waals surface area contributed by atoms with Crippen molar-refractivity contribution in [2.45, 2.75) is 25.7 Å². The Morgan fingerprint density at radius 3 is 2.55 bits per heavy atom. The highest BCUT2D eigenvalue weighted by Gasteiger charge is 2.23. The van der Waals surface area contributed by atoms with E-state index in [2.05, 4.69) is 57.7 Å². The van der Waals surface area contributed by atoms with Crippen molar-refractivity contribution in [1.29, 1.82) is 0 Å². The summed E-state index contributed by atoms with van der Waals surface area (Å²) in [5.41, 5.74) is 2.07. The summed E-state index contributed by atoms with van der Waals surface area (Å²) in [6, 6.07) is 16.9. The SMILES string of the molecule is O=C(NCC1CCN(c2nccc(-c3ccc4ccccc4c3)n2)CC1)N1CCCC1. The number of hydrogen-bond donors (Lipinski definition) is 1. The van der Waals surface area contributed by atoms with Crippen molar-refractivity contribution in [3.05, 3.63) is 54.7 Å². The van der Waals surface area contributed by atoms with E-state index in [9.17, 15) is 4.79 Å². The van der Waals surface area contributed by atoms with E-state index in [1.807, 2.05) is 17.2 Å². The third-order valence-corrected chi connectivity index (χ3v) is 6.52. The van der Waals surface area contributed by atoms with Gasteiger partial charge in [0.2, 0.25) is 5.95 Å². The molecule has 3 heterocycles. The normalized spacial score (nSPS) is 17.3. The number of nitrogens with zero attached hydrogens (tertiary/aromatic N) is 4. The summed E-state index contributed by atoms with van der Waals surface area (Å²) in [5, 5.41) is 5.59. The van der Waals surface area contributed by atoms with Crippen molar-refractivity contribution in [3.63, 3.8) is 0 Å². The van der Waals surface area contributed by atoms with Gasteiger partial charge < -0.3 is 15.1 Å². The zero-order chi connectivity index (χ0) is 21.0. The van der Waals surface area contributed by atoms with Gasteiger partial charge in [0.05, 0.1) is 5.69 Å². The number of urea groups is 1. The summed E-state index contributed by atoms with van der Waals surface area (Å²) in [7, 11) is 0. The van der Waals surface area contributed by atoms with E-state index in [1.165, 1.54) is 10.8 Å². The van der Waals surface area contributed by atoms with Gasteiger partial charge in [-0.3, -0.25) is 0 Å². The van der Waals surface area contributed by atoms with Gasteiger partial charge in [0.25, 0.3) is 0 Å². The Labute approximate surface area is 183 Å². The molecule has 0 spiro atoms. The standard InChI is InChI=1S/C25H29N5O/c31-25(30-13-3-4-14-30)27-18-19-10-15-29(16-11-19)24-26-12-9-23(28-24)22-8-7-20-5-1-2-6-21(20)17-22/h1-2,5-9,12,17,19H,3-4,10-11,13-16,18H2,(H,27,31). The number of piperidine rings is 1. The molecular weight excluding hydrogens is 386 g/mol. The molecule has 2 aromatic carbocycles. The first kappa shape index (κ1) is 19.8. The van der Waals surface area contributed by atoms with Crippen LogP contribution in [0.5, 0.6) is 0 Å². The summed E-state index contributed by atoms with van der Waals surface area (Å²) in [5.74, 6) is 1.32. The number of aromatic nitrogens is 2. The molecule has 1 aromatic heterocycles. The molecular formula is C25H29N5O. The van der Waals surface area contributed by atoms with Crippen molar-refractivity contribution in [2.75, 3.05) is 37.6 Å². The second-order valence-corrected chi connectivity index (χ2v) is 8.61. The van der Waals surface area contributed by atoms with Gasteiger partial charge in [-0.25, -0.2) is 14.8 Å². The summed E-state index contributed by atoms with van der Waals surface area (Å²) < 4.78 is 0. The largest absolute Gasteiger partial charge is 0.341 e. The lowest BCUT2D eigenvalue weighted by Crippen LogP contribution is -2.43. The molecule has 0 bridgehead atoms. The highest BCUT2D eigenvalue weighted by atomic mass is 16.2. The van der Waals surface area contributed by atoms with Crippen molar-refractivity contribution in [2.24, 2.45) is 5.92 Å². The van der Waals surface area contributed by atoms with E-state index in [1.54, 1.807) is 0 Å². The van der Waals surface area contributed by atoms with Gasteiger partial charge in [0.15, 0.2) is 0 Å². The first-order valence-corrected chi connectivity index (χ1v) is 11.4. The minimum Gasteiger partial charge on any atom is -0.341 e. The van der Waals surface area contributed by atoms with Crippen LogP contribution in [0, 0.1) is 5.92 Å². The zero-order valence-corrected chi connectivity index (χ0v) is 17.8. The number of amides is 2. The Kier molecular flexibility index (Phi) is 5.69. The quantitative estimate of drug-likeness (QED) is 0.689. The lowest BCUT2D eigenvalue weighted by atomic mass is 9.97.